The topological polar surface area (TPSA) is 104 Å². The third-order valence-corrected chi connectivity index (χ3v) is 5.88. The first-order chi connectivity index (χ1) is 9.38. The lowest BCUT2D eigenvalue weighted by molar-refractivity contribution is 0.0702. The lowest BCUT2D eigenvalue weighted by Crippen LogP contribution is -2.32. The van der Waals surface area contributed by atoms with Gasteiger partial charge in [0.1, 0.15) is 4.88 Å². The highest BCUT2D eigenvalue weighted by Crippen LogP contribution is 2.24. The smallest absolute Gasteiger partial charge is 0.345 e. The second kappa shape index (κ2) is 6.21. The number of hydrogen-bond acceptors (Lipinski definition) is 5. The SMILES string of the molecule is O=C(O)c1cc(S(=O)(=O)NCC2CCCC(O)C2)cs1. The summed E-state index contributed by atoms with van der Waals surface area (Å²) in [6.45, 7) is 0.275. The third-order valence-electron chi connectivity index (χ3n) is 3.41. The maximum Gasteiger partial charge on any atom is 0.345 e. The number of hydrogen-bond donors (Lipinski definition) is 3. The molecule has 1 saturated carbocycles. The van der Waals surface area contributed by atoms with E-state index < -0.39 is 16.0 Å². The molecule has 3 N–H and O–H groups in total. The molecule has 1 aliphatic carbocycles. The van der Waals surface area contributed by atoms with Crippen molar-refractivity contribution in [1.82, 2.24) is 4.72 Å². The second-order valence-electron chi connectivity index (χ2n) is 4.99. The number of carboxylic acids is 1. The molecule has 2 rings (SSSR count). The molecular weight excluding hydrogens is 302 g/mol. The van der Waals surface area contributed by atoms with Crippen molar-refractivity contribution in [1.29, 1.82) is 0 Å². The first kappa shape index (κ1) is 15.4. The van der Waals surface area contributed by atoms with Gasteiger partial charge < -0.3 is 10.2 Å². The van der Waals surface area contributed by atoms with Crippen LogP contribution in [0.15, 0.2) is 16.3 Å². The Morgan fingerprint density at radius 1 is 1.45 bits per heavy atom. The Balaban J connectivity index is 1.98. The molecule has 0 bridgehead atoms. The lowest BCUT2D eigenvalue weighted by Gasteiger charge is -2.25. The predicted molar refractivity (Wildman–Crippen MR) is 74.4 cm³/mol. The van der Waals surface area contributed by atoms with Crippen molar-refractivity contribution >= 4 is 27.3 Å². The monoisotopic (exact) mass is 319 g/mol. The fraction of sp³-hybridized carbons (Fsp3) is 0.583. The highest BCUT2D eigenvalue weighted by Gasteiger charge is 2.23. The average molecular weight is 319 g/mol. The zero-order chi connectivity index (χ0) is 14.8. The molecule has 0 aliphatic heterocycles. The number of rotatable bonds is 5. The average Bonchev–Trinajstić information content (AvgIpc) is 2.87. The molecule has 2 atom stereocenters. The van der Waals surface area contributed by atoms with Gasteiger partial charge in [-0.05, 0) is 31.2 Å². The fourth-order valence-electron chi connectivity index (χ4n) is 2.33. The summed E-state index contributed by atoms with van der Waals surface area (Å²) in [5, 5.41) is 19.7. The number of aliphatic hydroxyl groups is 1. The first-order valence-electron chi connectivity index (χ1n) is 6.38. The van der Waals surface area contributed by atoms with E-state index in [0.717, 1.165) is 36.7 Å². The van der Waals surface area contributed by atoms with E-state index in [1.54, 1.807) is 0 Å². The molecule has 8 heteroatoms. The number of thiophene rings is 1. The van der Waals surface area contributed by atoms with Gasteiger partial charge in [0.15, 0.2) is 0 Å². The summed E-state index contributed by atoms with van der Waals surface area (Å²) in [7, 11) is -3.67. The Hall–Kier alpha value is -0.960. The molecule has 0 saturated heterocycles. The molecule has 1 heterocycles. The minimum Gasteiger partial charge on any atom is -0.477 e. The lowest BCUT2D eigenvalue weighted by atomic mass is 9.87. The van der Waals surface area contributed by atoms with Crippen LogP contribution in [-0.2, 0) is 10.0 Å². The van der Waals surface area contributed by atoms with Crippen molar-refractivity contribution < 1.29 is 23.4 Å². The Bertz CT molecular complexity index is 580. The minimum atomic E-state index is -3.67. The van der Waals surface area contributed by atoms with Crippen LogP contribution >= 0.6 is 11.3 Å². The quantitative estimate of drug-likeness (QED) is 0.758. The normalized spacial score (nSPS) is 23.6. The van der Waals surface area contributed by atoms with Crippen LogP contribution < -0.4 is 4.72 Å². The van der Waals surface area contributed by atoms with Gasteiger partial charge in [-0.1, -0.05) is 6.42 Å². The van der Waals surface area contributed by atoms with Crippen LogP contribution in [0.3, 0.4) is 0 Å². The Morgan fingerprint density at radius 3 is 2.80 bits per heavy atom. The third kappa shape index (κ3) is 3.78. The van der Waals surface area contributed by atoms with Gasteiger partial charge in [0.2, 0.25) is 10.0 Å². The van der Waals surface area contributed by atoms with Crippen molar-refractivity contribution in [2.45, 2.75) is 36.7 Å². The summed E-state index contributed by atoms with van der Waals surface area (Å²) < 4.78 is 26.6. The van der Waals surface area contributed by atoms with Crippen LogP contribution in [0.1, 0.15) is 35.4 Å². The zero-order valence-electron chi connectivity index (χ0n) is 10.8. The molecular formula is C12H17NO5S2. The molecule has 0 aromatic carbocycles. The largest absolute Gasteiger partial charge is 0.477 e. The van der Waals surface area contributed by atoms with E-state index in [9.17, 15) is 18.3 Å². The first-order valence-corrected chi connectivity index (χ1v) is 8.74. The van der Waals surface area contributed by atoms with Crippen LogP contribution in [-0.4, -0.2) is 37.2 Å². The van der Waals surface area contributed by atoms with Crippen LogP contribution in [0.2, 0.25) is 0 Å². The fourth-order valence-corrected chi connectivity index (χ4v) is 4.56. The standard InChI is InChI=1S/C12H17NO5S2/c14-9-3-1-2-8(4-9)6-13-20(17,18)10-5-11(12(15)16)19-7-10/h5,7-9,13-14H,1-4,6H2,(H,15,16). The summed E-state index contributed by atoms with van der Waals surface area (Å²) in [5.41, 5.74) is 0. The van der Waals surface area contributed by atoms with Crippen LogP contribution in [0.5, 0.6) is 0 Å². The molecule has 112 valence electrons. The van der Waals surface area contributed by atoms with Crippen LogP contribution in [0, 0.1) is 5.92 Å². The van der Waals surface area contributed by atoms with Gasteiger partial charge in [0, 0.05) is 11.9 Å². The van der Waals surface area contributed by atoms with E-state index in [0.29, 0.717) is 6.42 Å². The highest BCUT2D eigenvalue weighted by molar-refractivity contribution is 7.89. The van der Waals surface area contributed by atoms with Gasteiger partial charge in [-0.15, -0.1) is 11.3 Å². The Kier molecular flexibility index (Phi) is 4.79. The molecule has 0 amide bonds. The van der Waals surface area contributed by atoms with Crippen molar-refractivity contribution in [2.24, 2.45) is 5.92 Å². The number of carbonyl (C=O) groups is 1. The predicted octanol–water partition coefficient (Wildman–Crippen LogP) is 1.28. The molecule has 1 aromatic rings. The number of aromatic carboxylic acids is 1. The van der Waals surface area contributed by atoms with Crippen LogP contribution in [0.25, 0.3) is 0 Å². The summed E-state index contributed by atoms with van der Waals surface area (Å²) in [6.07, 6.45) is 2.82. The Labute approximate surface area is 121 Å². The number of carboxylic acid groups (broad SMARTS) is 1. The molecule has 20 heavy (non-hydrogen) atoms. The number of aliphatic hydroxyl groups excluding tert-OH is 1. The molecule has 1 aromatic heterocycles. The highest BCUT2D eigenvalue weighted by atomic mass is 32.2. The molecule has 2 unspecified atom stereocenters. The van der Waals surface area contributed by atoms with E-state index in [2.05, 4.69) is 4.72 Å². The zero-order valence-corrected chi connectivity index (χ0v) is 12.4. The molecule has 6 nitrogen and oxygen atoms in total. The van der Waals surface area contributed by atoms with Gasteiger partial charge in [-0.2, -0.15) is 0 Å². The minimum absolute atomic E-state index is 0.00142. The maximum atomic E-state index is 12.0. The van der Waals surface area contributed by atoms with Gasteiger partial charge in [0.05, 0.1) is 11.0 Å². The molecule has 0 radical (unpaired) electrons. The summed E-state index contributed by atoms with van der Waals surface area (Å²) in [5.74, 6) is -1.00. The van der Waals surface area contributed by atoms with E-state index in [1.807, 2.05) is 0 Å². The maximum absolute atomic E-state index is 12.0. The van der Waals surface area contributed by atoms with E-state index in [1.165, 1.54) is 5.38 Å². The van der Waals surface area contributed by atoms with E-state index in [-0.39, 0.29) is 28.3 Å². The van der Waals surface area contributed by atoms with Gasteiger partial charge >= 0.3 is 5.97 Å². The van der Waals surface area contributed by atoms with E-state index >= 15 is 0 Å². The van der Waals surface area contributed by atoms with Crippen molar-refractivity contribution in [2.75, 3.05) is 6.54 Å². The summed E-state index contributed by atoms with van der Waals surface area (Å²) >= 11 is 0.888. The van der Waals surface area contributed by atoms with Crippen molar-refractivity contribution in [3.05, 3.63) is 16.3 Å². The van der Waals surface area contributed by atoms with Gasteiger partial charge in [-0.3, -0.25) is 0 Å². The molecule has 0 spiro atoms. The van der Waals surface area contributed by atoms with Gasteiger partial charge in [0.25, 0.3) is 0 Å². The molecule has 1 fully saturated rings. The van der Waals surface area contributed by atoms with Crippen molar-refractivity contribution in [3.63, 3.8) is 0 Å². The van der Waals surface area contributed by atoms with E-state index in [4.69, 9.17) is 5.11 Å². The van der Waals surface area contributed by atoms with Gasteiger partial charge in [-0.25, -0.2) is 17.9 Å². The number of nitrogens with one attached hydrogen (secondary N) is 1. The second-order valence-corrected chi connectivity index (χ2v) is 7.67. The van der Waals surface area contributed by atoms with Crippen LogP contribution in [0.4, 0.5) is 0 Å². The summed E-state index contributed by atoms with van der Waals surface area (Å²) in [6, 6.07) is 1.16. The molecule has 1 aliphatic rings. The summed E-state index contributed by atoms with van der Waals surface area (Å²) in [4.78, 5) is 10.7. The number of sulfonamides is 1. The Morgan fingerprint density at radius 2 is 2.20 bits per heavy atom. The van der Waals surface area contributed by atoms with Crippen molar-refractivity contribution in [3.8, 4) is 0 Å².